The zero-order valence-corrected chi connectivity index (χ0v) is 27.6. The van der Waals surface area contributed by atoms with E-state index in [1.54, 1.807) is 31.2 Å². The highest BCUT2D eigenvalue weighted by molar-refractivity contribution is 7.90. The summed E-state index contributed by atoms with van der Waals surface area (Å²) in [6.45, 7) is 5.57. The number of carbonyl (C=O) groups is 2. The molecule has 8 nitrogen and oxygen atoms in total. The second kappa shape index (κ2) is 15.6. The lowest BCUT2D eigenvalue weighted by molar-refractivity contribution is -0.140. The Labute approximate surface area is 265 Å². The number of anilines is 1. The summed E-state index contributed by atoms with van der Waals surface area (Å²) in [4.78, 5) is 29.6. The van der Waals surface area contributed by atoms with Crippen molar-refractivity contribution in [2.75, 3.05) is 31.5 Å². The Balaban J connectivity index is 2.13. The summed E-state index contributed by atoms with van der Waals surface area (Å²) < 4.78 is 29.4. The van der Waals surface area contributed by atoms with E-state index >= 15 is 0 Å². The smallest absolute Gasteiger partial charge is 0.304 e. The lowest BCUT2D eigenvalue weighted by Crippen LogP contribution is -2.54. The van der Waals surface area contributed by atoms with Gasteiger partial charge < -0.3 is 10.2 Å². The third-order valence-corrected chi connectivity index (χ3v) is 9.50. The van der Waals surface area contributed by atoms with Crippen LogP contribution in [-0.2, 0) is 32.8 Å². The molecule has 1 atom stereocenters. The standard InChI is InChI=1S/C32H40Cl2N4O4S/c1-6-7-17-35-32(40)30(19-25-11-9-8-10-12-25)37(21-26-15-16-27(33)20-28(26)34)31(39)22-38(43(41,42)36(4)5)29-18-23(2)13-14-24(29)3/h8-16,18,20,30H,6-7,17,19,21-22H2,1-5H3,(H,35,40). The number of nitrogens with zero attached hydrogens (tertiary/aromatic N) is 3. The quantitative estimate of drug-likeness (QED) is 0.225. The predicted octanol–water partition coefficient (Wildman–Crippen LogP) is 5.78. The molecule has 232 valence electrons. The minimum absolute atomic E-state index is 0.0316. The fraction of sp³-hybridized carbons (Fsp3) is 0.375. The van der Waals surface area contributed by atoms with Gasteiger partial charge in [0, 0.05) is 43.7 Å². The highest BCUT2D eigenvalue weighted by Gasteiger charge is 2.35. The van der Waals surface area contributed by atoms with E-state index < -0.39 is 28.7 Å². The van der Waals surface area contributed by atoms with Gasteiger partial charge in [0.25, 0.3) is 0 Å². The van der Waals surface area contributed by atoms with Gasteiger partial charge in [-0.3, -0.25) is 9.59 Å². The van der Waals surface area contributed by atoms with E-state index in [-0.39, 0.29) is 18.9 Å². The van der Waals surface area contributed by atoms with Gasteiger partial charge in [-0.05, 0) is 60.7 Å². The molecule has 0 radical (unpaired) electrons. The number of hydrogen-bond donors (Lipinski definition) is 1. The van der Waals surface area contributed by atoms with Crippen molar-refractivity contribution in [3.63, 3.8) is 0 Å². The molecule has 0 heterocycles. The van der Waals surface area contributed by atoms with Crippen LogP contribution in [0.5, 0.6) is 0 Å². The van der Waals surface area contributed by atoms with Crippen molar-refractivity contribution in [3.05, 3.63) is 99.0 Å². The summed E-state index contributed by atoms with van der Waals surface area (Å²) in [5.41, 5.74) is 3.35. The number of benzene rings is 3. The first kappa shape index (κ1) is 34.4. The second-order valence-corrected chi connectivity index (χ2v) is 13.6. The van der Waals surface area contributed by atoms with Crippen molar-refractivity contribution in [1.29, 1.82) is 0 Å². The molecule has 11 heteroatoms. The number of amides is 2. The highest BCUT2D eigenvalue weighted by Crippen LogP contribution is 2.28. The first-order valence-corrected chi connectivity index (χ1v) is 16.3. The Morgan fingerprint density at radius 2 is 1.65 bits per heavy atom. The van der Waals surface area contributed by atoms with Crippen LogP contribution >= 0.6 is 23.2 Å². The molecule has 0 saturated carbocycles. The average molecular weight is 648 g/mol. The van der Waals surface area contributed by atoms with Gasteiger partial charge in [0.05, 0.1) is 5.69 Å². The number of nitrogens with one attached hydrogen (secondary N) is 1. The van der Waals surface area contributed by atoms with Gasteiger partial charge in [-0.1, -0.05) is 85.1 Å². The molecular weight excluding hydrogens is 607 g/mol. The van der Waals surface area contributed by atoms with Crippen LogP contribution in [0.15, 0.2) is 66.7 Å². The van der Waals surface area contributed by atoms with Gasteiger partial charge in [-0.15, -0.1) is 0 Å². The van der Waals surface area contributed by atoms with E-state index in [9.17, 15) is 18.0 Å². The van der Waals surface area contributed by atoms with Crippen molar-refractivity contribution >= 4 is 50.9 Å². The molecule has 0 saturated heterocycles. The number of carbonyl (C=O) groups excluding carboxylic acids is 2. The fourth-order valence-corrected chi connectivity index (χ4v) is 6.16. The van der Waals surface area contributed by atoms with Crippen LogP contribution in [0, 0.1) is 13.8 Å². The molecule has 3 aromatic carbocycles. The molecule has 1 N–H and O–H groups in total. The molecule has 2 amide bonds. The highest BCUT2D eigenvalue weighted by atomic mass is 35.5. The summed E-state index contributed by atoms with van der Waals surface area (Å²) >= 11 is 12.7. The maximum Gasteiger partial charge on any atom is 0.304 e. The molecule has 0 aromatic heterocycles. The van der Waals surface area contributed by atoms with Gasteiger partial charge in [0.2, 0.25) is 11.8 Å². The number of unbranched alkanes of at least 4 members (excludes halogenated alkanes) is 1. The van der Waals surface area contributed by atoms with Crippen LogP contribution in [0.4, 0.5) is 5.69 Å². The van der Waals surface area contributed by atoms with E-state index in [4.69, 9.17) is 23.2 Å². The van der Waals surface area contributed by atoms with Crippen LogP contribution in [0.2, 0.25) is 10.0 Å². The Morgan fingerprint density at radius 3 is 2.28 bits per heavy atom. The van der Waals surface area contributed by atoms with Crippen LogP contribution in [0.1, 0.15) is 42.0 Å². The molecule has 3 aromatic rings. The molecule has 0 aliphatic carbocycles. The number of hydrogen-bond acceptors (Lipinski definition) is 4. The molecule has 1 unspecified atom stereocenters. The lowest BCUT2D eigenvalue weighted by Gasteiger charge is -2.35. The first-order valence-electron chi connectivity index (χ1n) is 14.2. The SMILES string of the molecule is CCCCNC(=O)C(Cc1ccccc1)N(Cc1ccc(Cl)cc1Cl)C(=O)CN(c1cc(C)ccc1C)S(=O)(=O)N(C)C. The normalized spacial score (nSPS) is 12.2. The molecule has 43 heavy (non-hydrogen) atoms. The lowest BCUT2D eigenvalue weighted by atomic mass is 10.0. The molecule has 0 aliphatic heterocycles. The minimum Gasteiger partial charge on any atom is -0.354 e. The predicted molar refractivity (Wildman–Crippen MR) is 175 cm³/mol. The summed E-state index contributed by atoms with van der Waals surface area (Å²) in [5, 5.41) is 3.74. The minimum atomic E-state index is -4.09. The van der Waals surface area contributed by atoms with Crippen molar-refractivity contribution in [3.8, 4) is 0 Å². The van der Waals surface area contributed by atoms with E-state index in [0.717, 1.165) is 32.6 Å². The van der Waals surface area contributed by atoms with E-state index in [2.05, 4.69) is 5.32 Å². The van der Waals surface area contributed by atoms with Gasteiger partial charge >= 0.3 is 10.2 Å². The van der Waals surface area contributed by atoms with Crippen LogP contribution < -0.4 is 9.62 Å². The fourth-order valence-electron chi connectivity index (χ4n) is 4.58. The van der Waals surface area contributed by atoms with Crippen molar-refractivity contribution in [1.82, 2.24) is 14.5 Å². The molecule has 3 rings (SSSR count). The molecule has 0 spiro atoms. The number of halogens is 2. The monoisotopic (exact) mass is 646 g/mol. The Hall–Kier alpha value is -3.11. The maximum absolute atomic E-state index is 14.4. The topological polar surface area (TPSA) is 90.0 Å². The maximum atomic E-state index is 14.4. The molecule has 0 bridgehead atoms. The van der Waals surface area contributed by atoms with Crippen LogP contribution in [0.25, 0.3) is 0 Å². The van der Waals surface area contributed by atoms with Crippen molar-refractivity contribution < 1.29 is 18.0 Å². The summed E-state index contributed by atoms with van der Waals surface area (Å²) in [6.07, 6.45) is 1.89. The van der Waals surface area contributed by atoms with Gasteiger partial charge in [0.15, 0.2) is 0 Å². The molecule has 0 fully saturated rings. The van der Waals surface area contributed by atoms with Crippen molar-refractivity contribution in [2.45, 2.75) is 52.6 Å². The average Bonchev–Trinajstić information content (AvgIpc) is 2.96. The number of aryl methyl sites for hydroxylation is 2. The van der Waals surface area contributed by atoms with Gasteiger partial charge in [0.1, 0.15) is 12.6 Å². The van der Waals surface area contributed by atoms with E-state index in [1.807, 2.05) is 56.3 Å². The van der Waals surface area contributed by atoms with Crippen molar-refractivity contribution in [2.24, 2.45) is 0 Å². The Morgan fingerprint density at radius 1 is 0.953 bits per heavy atom. The third-order valence-electron chi connectivity index (χ3n) is 7.11. The first-order chi connectivity index (χ1) is 20.3. The molecular formula is C32H40Cl2N4O4S. The largest absolute Gasteiger partial charge is 0.354 e. The third kappa shape index (κ3) is 9.19. The summed E-state index contributed by atoms with van der Waals surface area (Å²) in [5.74, 6) is -0.881. The molecule has 0 aliphatic rings. The van der Waals surface area contributed by atoms with Gasteiger partial charge in [-0.25, -0.2) is 4.31 Å². The zero-order valence-electron chi connectivity index (χ0n) is 25.3. The summed E-state index contributed by atoms with van der Waals surface area (Å²) in [7, 11) is -1.26. The van der Waals surface area contributed by atoms with E-state index in [0.29, 0.717) is 33.4 Å². The summed E-state index contributed by atoms with van der Waals surface area (Å²) in [6, 6.07) is 18.8. The second-order valence-electron chi connectivity index (χ2n) is 10.7. The van der Waals surface area contributed by atoms with Gasteiger partial charge in [-0.2, -0.15) is 12.7 Å². The van der Waals surface area contributed by atoms with E-state index in [1.165, 1.54) is 19.0 Å². The Kier molecular flexibility index (Phi) is 12.4. The van der Waals surface area contributed by atoms with Crippen LogP contribution in [-0.4, -0.2) is 62.7 Å². The Bertz CT molecular complexity index is 1520. The van der Waals surface area contributed by atoms with Crippen LogP contribution in [0.3, 0.4) is 0 Å². The zero-order chi connectivity index (χ0) is 31.7. The number of rotatable bonds is 14.